The smallest absolute Gasteiger partial charge is 0.252 e. The predicted molar refractivity (Wildman–Crippen MR) is 63.3 cm³/mol. The zero-order valence-corrected chi connectivity index (χ0v) is 9.83. The Morgan fingerprint density at radius 2 is 2.19 bits per heavy atom. The maximum Gasteiger partial charge on any atom is 0.252 e. The van der Waals surface area contributed by atoms with E-state index in [1.54, 1.807) is 17.6 Å². The molecule has 1 aromatic rings. The maximum atomic E-state index is 11.8. The number of ketones is 1. The molecule has 1 aliphatic heterocycles. The van der Waals surface area contributed by atoms with E-state index < -0.39 is 0 Å². The van der Waals surface area contributed by atoms with Crippen molar-refractivity contribution in [1.82, 2.24) is 4.57 Å². The van der Waals surface area contributed by atoms with Crippen LogP contribution in [0.5, 0.6) is 0 Å². The van der Waals surface area contributed by atoms with Crippen molar-refractivity contribution in [3.63, 3.8) is 0 Å². The molecule has 4 nitrogen and oxygen atoms in total. The van der Waals surface area contributed by atoms with Crippen molar-refractivity contribution in [3.05, 3.63) is 27.5 Å². The number of Topliss-reactive ketones (excluding diaryl/α,β-unsaturated/α-hetero) is 1. The third kappa shape index (κ3) is 1.54. The van der Waals surface area contributed by atoms with Crippen LogP contribution in [0.15, 0.2) is 10.9 Å². The van der Waals surface area contributed by atoms with E-state index in [-0.39, 0.29) is 17.3 Å². The second-order valence-corrected chi connectivity index (χ2v) is 4.45. The van der Waals surface area contributed by atoms with Crippen LogP contribution in [-0.4, -0.2) is 16.9 Å². The van der Waals surface area contributed by atoms with Crippen LogP contribution >= 0.6 is 0 Å². The van der Waals surface area contributed by atoms with Crippen LogP contribution in [-0.2, 0) is 6.54 Å². The Hall–Kier alpha value is -1.58. The normalized spacial score (nSPS) is 13.8. The van der Waals surface area contributed by atoms with Gasteiger partial charge in [-0.2, -0.15) is 0 Å². The molecule has 0 atom stereocenters. The Morgan fingerprint density at radius 3 is 2.75 bits per heavy atom. The average molecular weight is 220 g/mol. The average Bonchev–Trinajstić information content (AvgIpc) is 2.65. The van der Waals surface area contributed by atoms with Crippen molar-refractivity contribution in [3.8, 4) is 0 Å². The van der Waals surface area contributed by atoms with Crippen molar-refractivity contribution in [1.29, 1.82) is 0 Å². The number of nitrogens with one attached hydrogen (secondary N) is 1. The highest BCUT2D eigenvalue weighted by Gasteiger charge is 2.23. The van der Waals surface area contributed by atoms with Crippen molar-refractivity contribution >= 4 is 11.6 Å². The van der Waals surface area contributed by atoms with E-state index in [1.807, 2.05) is 13.8 Å². The molecule has 1 N–H and O–H groups in total. The fourth-order valence-corrected chi connectivity index (χ4v) is 2.18. The highest BCUT2D eigenvalue weighted by Crippen LogP contribution is 2.26. The first kappa shape index (κ1) is 10.9. The Kier molecular flexibility index (Phi) is 2.58. The number of carbonyl (C=O) groups is 1. The molecule has 16 heavy (non-hydrogen) atoms. The summed E-state index contributed by atoms with van der Waals surface area (Å²) < 4.78 is 1.64. The number of pyridine rings is 1. The van der Waals surface area contributed by atoms with E-state index in [4.69, 9.17) is 0 Å². The number of carbonyl (C=O) groups excluding carboxylic acids is 1. The third-order valence-corrected chi connectivity index (χ3v) is 2.94. The van der Waals surface area contributed by atoms with Gasteiger partial charge in [-0.3, -0.25) is 14.2 Å². The van der Waals surface area contributed by atoms with Gasteiger partial charge in [0.25, 0.3) is 5.56 Å². The van der Waals surface area contributed by atoms with Crippen LogP contribution in [0.25, 0.3) is 0 Å². The minimum atomic E-state index is -0.0197. The summed E-state index contributed by atoms with van der Waals surface area (Å²) in [5, 5.41) is 3.13. The zero-order valence-electron chi connectivity index (χ0n) is 9.83. The molecule has 2 heterocycles. The van der Waals surface area contributed by atoms with Crippen molar-refractivity contribution in [2.75, 3.05) is 11.9 Å². The minimum absolute atomic E-state index is 0.0156. The summed E-state index contributed by atoms with van der Waals surface area (Å²) in [4.78, 5) is 23.5. The molecule has 0 saturated carbocycles. The number of rotatable bonds is 2. The van der Waals surface area contributed by atoms with Crippen LogP contribution in [0.2, 0.25) is 0 Å². The molecule has 0 saturated heterocycles. The van der Waals surface area contributed by atoms with Gasteiger partial charge in [-0.05, 0) is 18.4 Å². The number of nitrogens with zero attached hydrogens (tertiary/aromatic N) is 1. The molecule has 0 aliphatic carbocycles. The van der Waals surface area contributed by atoms with Gasteiger partial charge in [-0.15, -0.1) is 0 Å². The van der Waals surface area contributed by atoms with Gasteiger partial charge in [0.1, 0.15) is 5.82 Å². The standard InChI is InChI=1S/C12H16N2O2/c1-7(2)9-6-10(16)14-5-4-13-12(14)11(9)8(3)15/h6-7,13H,4-5H2,1-3H3. The number of aromatic nitrogens is 1. The lowest BCUT2D eigenvalue weighted by Gasteiger charge is -2.15. The summed E-state index contributed by atoms with van der Waals surface area (Å²) in [6.07, 6.45) is 0. The van der Waals surface area contributed by atoms with E-state index >= 15 is 0 Å². The van der Waals surface area contributed by atoms with E-state index in [2.05, 4.69) is 5.32 Å². The SMILES string of the molecule is CC(=O)c1c(C(C)C)cc(=O)n2c1NCC2. The van der Waals surface area contributed by atoms with Gasteiger partial charge in [-0.25, -0.2) is 0 Å². The first-order valence-electron chi connectivity index (χ1n) is 5.55. The third-order valence-electron chi connectivity index (χ3n) is 2.94. The van der Waals surface area contributed by atoms with Gasteiger partial charge in [0, 0.05) is 19.2 Å². The number of anilines is 1. The van der Waals surface area contributed by atoms with Crippen molar-refractivity contribution in [2.45, 2.75) is 33.2 Å². The Balaban J connectivity index is 2.77. The molecule has 4 heteroatoms. The predicted octanol–water partition coefficient (Wildman–Crippen LogP) is 1.60. The Bertz CT molecular complexity index is 500. The van der Waals surface area contributed by atoms with Crippen molar-refractivity contribution in [2.24, 2.45) is 0 Å². The largest absolute Gasteiger partial charge is 0.369 e. The molecule has 0 aromatic carbocycles. The van der Waals surface area contributed by atoms with E-state index in [0.717, 1.165) is 12.1 Å². The summed E-state index contributed by atoms with van der Waals surface area (Å²) in [5.74, 6) is 0.894. The first-order chi connectivity index (χ1) is 7.52. The Morgan fingerprint density at radius 1 is 1.50 bits per heavy atom. The minimum Gasteiger partial charge on any atom is -0.369 e. The zero-order chi connectivity index (χ0) is 11.9. The number of hydrogen-bond donors (Lipinski definition) is 1. The molecular formula is C12H16N2O2. The second kappa shape index (κ2) is 3.77. The summed E-state index contributed by atoms with van der Waals surface area (Å²) >= 11 is 0. The lowest BCUT2D eigenvalue weighted by molar-refractivity contribution is 0.101. The van der Waals surface area contributed by atoms with Crippen LogP contribution in [0.3, 0.4) is 0 Å². The van der Waals surface area contributed by atoms with E-state index in [9.17, 15) is 9.59 Å². The molecule has 0 fully saturated rings. The lowest BCUT2D eigenvalue weighted by Crippen LogP contribution is -2.21. The fourth-order valence-electron chi connectivity index (χ4n) is 2.18. The second-order valence-electron chi connectivity index (χ2n) is 4.45. The molecule has 1 aliphatic rings. The maximum absolute atomic E-state index is 11.8. The summed E-state index contributed by atoms with van der Waals surface area (Å²) in [5.41, 5.74) is 1.50. The summed E-state index contributed by atoms with van der Waals surface area (Å²) in [6, 6.07) is 1.60. The monoisotopic (exact) mass is 220 g/mol. The summed E-state index contributed by atoms with van der Waals surface area (Å²) in [7, 11) is 0. The van der Waals surface area contributed by atoms with Crippen LogP contribution in [0.4, 0.5) is 5.82 Å². The lowest BCUT2D eigenvalue weighted by atomic mass is 9.96. The van der Waals surface area contributed by atoms with Crippen LogP contribution in [0, 0.1) is 0 Å². The molecule has 2 rings (SSSR count). The quantitative estimate of drug-likeness (QED) is 0.770. The number of fused-ring (bicyclic) bond motifs is 1. The van der Waals surface area contributed by atoms with Gasteiger partial charge in [0.2, 0.25) is 0 Å². The molecule has 0 unspecified atom stereocenters. The molecule has 0 radical (unpaired) electrons. The van der Waals surface area contributed by atoms with E-state index in [1.165, 1.54) is 0 Å². The fraction of sp³-hybridized carbons (Fsp3) is 0.500. The topological polar surface area (TPSA) is 51.1 Å². The van der Waals surface area contributed by atoms with E-state index in [0.29, 0.717) is 17.9 Å². The molecule has 0 amide bonds. The van der Waals surface area contributed by atoms with Gasteiger partial charge in [-0.1, -0.05) is 13.8 Å². The first-order valence-corrected chi connectivity index (χ1v) is 5.55. The molecule has 0 bridgehead atoms. The van der Waals surface area contributed by atoms with Gasteiger partial charge >= 0.3 is 0 Å². The summed E-state index contributed by atoms with van der Waals surface area (Å²) in [6.45, 7) is 6.90. The van der Waals surface area contributed by atoms with Gasteiger partial charge in [0.05, 0.1) is 5.56 Å². The molecular weight excluding hydrogens is 204 g/mol. The molecule has 1 aromatic heterocycles. The van der Waals surface area contributed by atoms with Crippen LogP contribution < -0.4 is 10.9 Å². The van der Waals surface area contributed by atoms with Crippen molar-refractivity contribution < 1.29 is 4.79 Å². The molecule has 0 spiro atoms. The Labute approximate surface area is 94.3 Å². The number of hydrogen-bond acceptors (Lipinski definition) is 3. The van der Waals surface area contributed by atoms with Gasteiger partial charge < -0.3 is 5.32 Å². The van der Waals surface area contributed by atoms with Gasteiger partial charge in [0.15, 0.2) is 5.78 Å². The highest BCUT2D eigenvalue weighted by molar-refractivity contribution is 6.00. The van der Waals surface area contributed by atoms with Crippen LogP contribution in [0.1, 0.15) is 42.6 Å². The molecule has 86 valence electrons. The highest BCUT2D eigenvalue weighted by atomic mass is 16.1.